The van der Waals surface area contributed by atoms with E-state index in [1.807, 2.05) is 72.8 Å². The lowest BCUT2D eigenvalue weighted by Crippen LogP contribution is -2.23. The van der Waals surface area contributed by atoms with E-state index < -0.39 is 0 Å². The second kappa shape index (κ2) is 9.76. The summed E-state index contributed by atoms with van der Waals surface area (Å²) < 4.78 is 1.97. The second-order valence-electron chi connectivity index (χ2n) is 7.66. The third kappa shape index (κ3) is 4.55. The van der Waals surface area contributed by atoms with Crippen molar-refractivity contribution in [2.75, 3.05) is 0 Å². The normalized spacial score (nSPS) is 11.1. The van der Waals surface area contributed by atoms with Crippen LogP contribution in [0.1, 0.15) is 30.5 Å². The first kappa shape index (κ1) is 22.9. The molecule has 34 heavy (non-hydrogen) atoms. The number of carbonyl (C=O) groups is 2. The molecule has 0 saturated heterocycles. The van der Waals surface area contributed by atoms with Crippen molar-refractivity contribution in [3.63, 3.8) is 0 Å². The van der Waals surface area contributed by atoms with Crippen LogP contribution in [0.3, 0.4) is 0 Å². The van der Waals surface area contributed by atoms with Gasteiger partial charge < -0.3 is 10.6 Å². The molecule has 3 aromatic carbocycles. The van der Waals surface area contributed by atoms with Crippen LogP contribution in [-0.4, -0.2) is 11.8 Å². The Morgan fingerprint density at radius 2 is 1.00 bits per heavy atom. The first-order chi connectivity index (χ1) is 16.5. The van der Waals surface area contributed by atoms with Gasteiger partial charge in [0.2, 0.25) is 0 Å². The molecule has 2 amide bonds. The molecule has 0 unspecified atom stereocenters. The van der Waals surface area contributed by atoms with Crippen LogP contribution < -0.4 is 10.6 Å². The first-order valence-corrected chi connectivity index (χ1v) is 12.9. The minimum absolute atomic E-state index is 0.192. The smallest absolute Gasteiger partial charge is 0.263 e. The van der Waals surface area contributed by atoms with Crippen LogP contribution in [-0.2, 0) is 13.1 Å². The minimum Gasteiger partial charge on any atom is -0.347 e. The molecule has 0 radical (unpaired) electrons. The number of fused-ring (bicyclic) bond motifs is 2. The summed E-state index contributed by atoms with van der Waals surface area (Å²) in [5, 5.41) is 8.62. The number of nitrogens with one attached hydrogen (secondary N) is 2. The van der Waals surface area contributed by atoms with Crippen molar-refractivity contribution in [1.29, 1.82) is 0 Å². The summed E-state index contributed by atoms with van der Waals surface area (Å²) in [6, 6.07) is 23.1. The molecule has 2 aromatic heterocycles. The van der Waals surface area contributed by atoms with Crippen LogP contribution in [0.25, 0.3) is 20.2 Å². The summed E-state index contributed by atoms with van der Waals surface area (Å²) in [7, 11) is 0. The zero-order valence-corrected chi connectivity index (χ0v) is 20.9. The summed E-state index contributed by atoms with van der Waals surface area (Å²) in [5.74, 6) is -0.384. The predicted octanol–water partition coefficient (Wildman–Crippen LogP) is 7.28. The number of halogens is 2. The molecule has 0 atom stereocenters. The molecule has 0 aliphatic rings. The van der Waals surface area contributed by atoms with Gasteiger partial charge in [-0.15, -0.1) is 22.7 Å². The highest BCUT2D eigenvalue weighted by Gasteiger charge is 2.18. The molecule has 8 heteroatoms. The molecule has 5 aromatic rings. The molecule has 0 aliphatic carbocycles. The number of carbonyl (C=O) groups excluding carboxylic acids is 2. The van der Waals surface area contributed by atoms with E-state index in [9.17, 15) is 9.59 Å². The highest BCUT2D eigenvalue weighted by molar-refractivity contribution is 7.22. The molecular formula is C26H18Cl2N2O2S2. The number of benzene rings is 3. The molecule has 0 fully saturated rings. The van der Waals surface area contributed by atoms with Crippen molar-refractivity contribution in [3.8, 4) is 0 Å². The van der Waals surface area contributed by atoms with Gasteiger partial charge in [-0.05, 0) is 23.3 Å². The van der Waals surface area contributed by atoms with Gasteiger partial charge in [0.1, 0.15) is 9.75 Å². The Morgan fingerprint density at radius 3 is 1.38 bits per heavy atom. The molecule has 0 saturated carbocycles. The highest BCUT2D eigenvalue weighted by Crippen LogP contribution is 2.36. The third-order valence-corrected chi connectivity index (χ3v) is 8.76. The molecule has 4 nitrogen and oxygen atoms in total. The summed E-state index contributed by atoms with van der Waals surface area (Å²) in [6.45, 7) is 0.765. The van der Waals surface area contributed by atoms with E-state index in [-0.39, 0.29) is 11.8 Å². The number of hydrogen-bond donors (Lipinski definition) is 2. The van der Waals surface area contributed by atoms with Crippen LogP contribution in [0.5, 0.6) is 0 Å². The molecule has 0 aliphatic heterocycles. The number of rotatable bonds is 6. The summed E-state index contributed by atoms with van der Waals surface area (Å²) >= 11 is 15.6. The Bertz CT molecular complexity index is 1410. The van der Waals surface area contributed by atoms with Crippen molar-refractivity contribution in [2.24, 2.45) is 0 Å². The maximum absolute atomic E-state index is 12.6. The van der Waals surface area contributed by atoms with E-state index in [2.05, 4.69) is 10.6 Å². The van der Waals surface area contributed by atoms with Crippen LogP contribution in [0.15, 0.2) is 72.8 Å². The standard InChI is InChI=1S/C26H18Cl2N2O2S2/c27-21-17-5-1-3-7-19(17)33-23(21)25(31)29-13-15-9-11-16(12-10-15)14-30-26(32)24-22(28)18-6-2-4-8-20(18)34-24/h1-12H,13-14H2,(H,29,31)(H,30,32). The largest absolute Gasteiger partial charge is 0.347 e. The maximum atomic E-state index is 12.6. The summed E-state index contributed by atoms with van der Waals surface area (Å²) in [4.78, 5) is 26.3. The quantitative estimate of drug-likeness (QED) is 0.245. The first-order valence-electron chi connectivity index (χ1n) is 10.5. The lowest BCUT2D eigenvalue weighted by Gasteiger charge is -2.07. The SMILES string of the molecule is O=C(NCc1ccc(CNC(=O)c2sc3ccccc3c2Cl)cc1)c1sc2ccccc2c1Cl. The zero-order chi connectivity index (χ0) is 23.7. The van der Waals surface area contributed by atoms with Crippen molar-refractivity contribution in [1.82, 2.24) is 10.6 Å². The van der Waals surface area contributed by atoms with Gasteiger partial charge in [-0.1, -0.05) is 83.9 Å². The van der Waals surface area contributed by atoms with Crippen molar-refractivity contribution in [3.05, 3.63) is 104 Å². The maximum Gasteiger partial charge on any atom is 0.263 e. The molecule has 2 heterocycles. The van der Waals surface area contributed by atoms with Gasteiger partial charge in [0.15, 0.2) is 0 Å². The van der Waals surface area contributed by atoms with Crippen LogP contribution in [0, 0.1) is 0 Å². The van der Waals surface area contributed by atoms with E-state index in [0.717, 1.165) is 31.3 Å². The average Bonchev–Trinajstić information content (AvgIpc) is 3.39. The van der Waals surface area contributed by atoms with Crippen molar-refractivity contribution in [2.45, 2.75) is 13.1 Å². The predicted molar refractivity (Wildman–Crippen MR) is 142 cm³/mol. The molecule has 170 valence electrons. The van der Waals surface area contributed by atoms with Gasteiger partial charge in [-0.3, -0.25) is 9.59 Å². The minimum atomic E-state index is -0.192. The average molecular weight is 525 g/mol. The summed E-state index contributed by atoms with van der Waals surface area (Å²) in [5.41, 5.74) is 1.90. The van der Waals surface area contributed by atoms with Crippen molar-refractivity contribution >= 4 is 77.9 Å². The monoisotopic (exact) mass is 524 g/mol. The Hall–Kier alpha value is -2.90. The Morgan fingerprint density at radius 1 is 0.618 bits per heavy atom. The van der Waals surface area contributed by atoms with Gasteiger partial charge in [0.05, 0.1) is 10.0 Å². The second-order valence-corrected chi connectivity index (χ2v) is 10.5. The number of hydrogen-bond acceptors (Lipinski definition) is 4. The Kier molecular flexibility index (Phi) is 6.57. The molecule has 2 N–H and O–H groups in total. The molecule has 0 bridgehead atoms. The lowest BCUT2D eigenvalue weighted by molar-refractivity contribution is 0.0946. The van der Waals surface area contributed by atoms with Gasteiger partial charge in [0.25, 0.3) is 11.8 Å². The Labute approximate surface area is 214 Å². The zero-order valence-electron chi connectivity index (χ0n) is 17.7. The Balaban J connectivity index is 1.18. The van der Waals surface area contributed by atoms with Crippen LogP contribution >= 0.6 is 45.9 Å². The fourth-order valence-corrected chi connectivity index (χ4v) is 6.49. The van der Waals surface area contributed by atoms with Crippen LogP contribution in [0.2, 0.25) is 10.0 Å². The van der Waals surface area contributed by atoms with E-state index in [1.165, 1.54) is 22.7 Å². The fourth-order valence-electron chi connectivity index (χ4n) is 3.62. The van der Waals surface area contributed by atoms with E-state index in [4.69, 9.17) is 23.2 Å². The molecular weight excluding hydrogens is 507 g/mol. The third-order valence-electron chi connectivity index (χ3n) is 5.41. The van der Waals surface area contributed by atoms with Crippen molar-refractivity contribution < 1.29 is 9.59 Å². The lowest BCUT2D eigenvalue weighted by atomic mass is 10.1. The molecule has 5 rings (SSSR count). The number of thiophene rings is 2. The fraction of sp³-hybridized carbons (Fsp3) is 0.0769. The van der Waals surface area contributed by atoms with E-state index >= 15 is 0 Å². The van der Waals surface area contributed by atoms with Gasteiger partial charge >= 0.3 is 0 Å². The summed E-state index contributed by atoms with van der Waals surface area (Å²) in [6.07, 6.45) is 0. The van der Waals surface area contributed by atoms with Gasteiger partial charge in [0, 0.05) is 33.3 Å². The number of amides is 2. The highest BCUT2D eigenvalue weighted by atomic mass is 35.5. The van der Waals surface area contributed by atoms with Gasteiger partial charge in [-0.25, -0.2) is 0 Å². The van der Waals surface area contributed by atoms with E-state index in [1.54, 1.807) is 0 Å². The van der Waals surface area contributed by atoms with E-state index in [0.29, 0.717) is 32.9 Å². The molecule has 0 spiro atoms. The van der Waals surface area contributed by atoms with Crippen LogP contribution in [0.4, 0.5) is 0 Å². The van der Waals surface area contributed by atoms with Gasteiger partial charge in [-0.2, -0.15) is 0 Å². The topological polar surface area (TPSA) is 58.2 Å².